The van der Waals surface area contributed by atoms with E-state index in [1.54, 1.807) is 62.0 Å². The van der Waals surface area contributed by atoms with Gasteiger partial charge in [-0.1, -0.05) is 120 Å². The fourth-order valence-electron chi connectivity index (χ4n) is 11.1. The molecule has 1 fully saturated rings. The van der Waals surface area contributed by atoms with E-state index in [1.807, 2.05) is 122 Å². The lowest BCUT2D eigenvalue weighted by Crippen LogP contribution is -2.62. The van der Waals surface area contributed by atoms with E-state index in [2.05, 4.69) is 38.0 Å². The predicted molar refractivity (Wildman–Crippen MR) is 309 cm³/mol. The molecule has 7 rings (SSSR count). The molecule has 0 saturated carbocycles. The zero-order valence-electron chi connectivity index (χ0n) is 48.9. The van der Waals surface area contributed by atoms with Gasteiger partial charge in [-0.3, -0.25) is 33.6 Å². The van der Waals surface area contributed by atoms with Crippen LogP contribution in [-0.4, -0.2) is 126 Å². The molecule has 6 N–H and O–H groups in total. The first-order valence-electron chi connectivity index (χ1n) is 28.4. The van der Waals surface area contributed by atoms with E-state index in [9.17, 15) is 24.0 Å². The lowest BCUT2D eigenvalue weighted by molar-refractivity contribution is -0.152. The Morgan fingerprint density at radius 1 is 0.675 bits per heavy atom. The molecule has 1 unspecified atom stereocenters. The lowest BCUT2D eigenvalue weighted by atomic mass is 9.84. The van der Waals surface area contributed by atoms with Crippen LogP contribution in [-0.2, 0) is 54.7 Å². The molecular weight excluding hydrogens is 1010 g/mol. The zero-order valence-corrected chi connectivity index (χ0v) is 48.9. The van der Waals surface area contributed by atoms with E-state index in [4.69, 9.17) is 4.74 Å². The monoisotopic (exact) mass is 1100 g/mol. The summed E-state index contributed by atoms with van der Waals surface area (Å²) in [6.45, 7) is 19.3. The number of fused-ring (bicyclic) bond motifs is 2. The molecule has 1 aliphatic carbocycles. The minimum absolute atomic E-state index is 0.0350. The summed E-state index contributed by atoms with van der Waals surface area (Å²) >= 11 is 0. The molecule has 17 heteroatoms. The number of ether oxygens (including phenoxy) is 1. The number of rotatable bonds is 19. The van der Waals surface area contributed by atoms with E-state index >= 15 is 9.59 Å². The first-order valence-corrected chi connectivity index (χ1v) is 28.4. The number of likely N-dealkylation sites (N-methyl/N-ethyl adjacent to an activating group) is 2. The van der Waals surface area contributed by atoms with Crippen molar-refractivity contribution in [1.29, 1.82) is 0 Å². The molecule has 2 heterocycles. The number of carbonyl (C=O) groups excluding carboxylic acids is 7. The molecule has 80 heavy (non-hydrogen) atoms. The number of benzene rings is 4. The summed E-state index contributed by atoms with van der Waals surface area (Å²) in [7, 11) is 3.35. The first kappa shape index (κ1) is 60.5. The van der Waals surface area contributed by atoms with Crippen molar-refractivity contribution in [2.75, 3.05) is 27.2 Å². The topological polar surface area (TPSA) is 211 Å². The van der Waals surface area contributed by atoms with E-state index in [0.717, 1.165) is 41.5 Å². The number of likely N-dealkylation sites (tertiary alicyclic amines) is 1. The second-order valence-corrected chi connectivity index (χ2v) is 24.0. The van der Waals surface area contributed by atoms with Gasteiger partial charge in [0.1, 0.15) is 29.9 Å². The van der Waals surface area contributed by atoms with Gasteiger partial charge in [-0.15, -0.1) is 0 Å². The van der Waals surface area contributed by atoms with E-state index in [0.29, 0.717) is 23.5 Å². The SMILES string of the molecule is CCOc1ccccc1[C@@H](C)N(Cc1ccc(C(=O)N[C@H]2C[C@@H](C(=O)N[C@@H]3CCCc4ccccc43)N(C(=O)[C@@H](NC(=O)[C@H](C)NC)C(C)(C)C)C2)cc1)C(=O)C1Cc2ccccc2CN1C(=O)[C@@H](NC(=O)[C@H](C)NC)C(C)(C)C. The number of hydrogen-bond acceptors (Lipinski definition) is 10. The van der Waals surface area contributed by atoms with Gasteiger partial charge in [0.15, 0.2) is 0 Å². The van der Waals surface area contributed by atoms with E-state index in [-0.39, 0.29) is 68.1 Å². The van der Waals surface area contributed by atoms with Gasteiger partial charge in [-0.05, 0) is 124 Å². The van der Waals surface area contributed by atoms with Gasteiger partial charge in [0.25, 0.3) is 5.91 Å². The molecule has 4 aromatic carbocycles. The Morgan fingerprint density at radius 3 is 1.84 bits per heavy atom. The second-order valence-electron chi connectivity index (χ2n) is 24.0. The smallest absolute Gasteiger partial charge is 0.251 e. The molecule has 17 nitrogen and oxygen atoms in total. The number of para-hydroxylation sites is 1. The molecule has 0 radical (unpaired) electrons. The maximum absolute atomic E-state index is 15.7. The van der Waals surface area contributed by atoms with E-state index in [1.165, 1.54) is 10.5 Å². The Hall–Kier alpha value is -7.11. The average molecular weight is 1100 g/mol. The summed E-state index contributed by atoms with van der Waals surface area (Å²) in [6.07, 6.45) is 2.95. The Balaban J connectivity index is 1.16. The third-order valence-electron chi connectivity index (χ3n) is 16.2. The molecule has 9 atom stereocenters. The first-order chi connectivity index (χ1) is 37.9. The van der Waals surface area contributed by atoms with Crippen molar-refractivity contribution in [3.8, 4) is 5.75 Å². The van der Waals surface area contributed by atoms with Crippen LogP contribution in [0.2, 0.25) is 0 Å². The number of aryl methyl sites for hydroxylation is 1. The Labute approximate surface area is 473 Å². The van der Waals surface area contributed by atoms with Crippen LogP contribution in [0.3, 0.4) is 0 Å². The number of nitrogens with zero attached hydrogens (tertiary/aromatic N) is 3. The molecule has 7 amide bonds. The maximum Gasteiger partial charge on any atom is 0.251 e. The second kappa shape index (κ2) is 26.0. The van der Waals surface area contributed by atoms with Crippen LogP contribution in [0, 0.1) is 10.8 Å². The van der Waals surface area contributed by atoms with Crippen molar-refractivity contribution in [1.82, 2.24) is 46.6 Å². The van der Waals surface area contributed by atoms with Crippen LogP contribution < -0.4 is 36.6 Å². The summed E-state index contributed by atoms with van der Waals surface area (Å²) in [4.78, 5) is 106. The standard InChI is InChI=1S/C63H85N9O8/c1-13-80-52-28-19-18-25-47(52)40(4)70(59(77)51-33-44-22-14-15-23-45(44)36-71(51)60(78)53(62(5,6)7)68-55(73)38(2)64-11)35-41-29-31-43(32-30-41)57(75)66-46-34-50(58(76)67-49-27-20-24-42-21-16-17-26-48(42)49)72(37-46)61(79)54(63(8,9)10)69-56(74)39(3)65-12/h14-19,21-23,25-26,28-32,38-40,46,49-51,53-54,64-65H,13,20,24,27,33-37H2,1-12H3,(H,66,75)(H,67,76)(H,68,73)(H,69,74)/t38-,39-,40+,46-,49+,50-,51?,53+,54+/m0/s1. The van der Waals surface area contributed by atoms with Crippen molar-refractivity contribution in [2.45, 2.75) is 169 Å². The predicted octanol–water partition coefficient (Wildman–Crippen LogP) is 6.30. The van der Waals surface area contributed by atoms with Gasteiger partial charge in [0.2, 0.25) is 35.4 Å². The van der Waals surface area contributed by atoms with Gasteiger partial charge in [0.05, 0.1) is 30.8 Å². The van der Waals surface area contributed by atoms with Crippen molar-refractivity contribution in [2.24, 2.45) is 10.8 Å². The molecule has 4 aromatic rings. The molecule has 0 spiro atoms. The fraction of sp³-hybridized carbons (Fsp3) is 0.508. The molecule has 0 aromatic heterocycles. The van der Waals surface area contributed by atoms with Crippen LogP contribution in [0.25, 0.3) is 0 Å². The highest BCUT2D eigenvalue weighted by Crippen LogP contribution is 2.36. The number of amides is 7. The van der Waals surface area contributed by atoms with Crippen LogP contribution in [0.5, 0.6) is 5.75 Å². The number of nitrogens with one attached hydrogen (secondary N) is 6. The van der Waals surface area contributed by atoms with Crippen LogP contribution >= 0.6 is 0 Å². The highest BCUT2D eigenvalue weighted by Gasteiger charge is 2.47. The van der Waals surface area contributed by atoms with Crippen LogP contribution in [0.1, 0.15) is 144 Å². The van der Waals surface area contributed by atoms with Crippen LogP contribution in [0.4, 0.5) is 0 Å². The quantitative estimate of drug-likeness (QED) is 0.0618. The maximum atomic E-state index is 15.7. The van der Waals surface area contributed by atoms with E-state index < -0.39 is 71.0 Å². The van der Waals surface area contributed by atoms with Crippen molar-refractivity contribution in [3.05, 3.63) is 136 Å². The summed E-state index contributed by atoms with van der Waals surface area (Å²) in [5, 5.41) is 18.2. The third-order valence-corrected chi connectivity index (χ3v) is 16.2. The fourth-order valence-corrected chi connectivity index (χ4v) is 11.1. The van der Waals surface area contributed by atoms with Crippen molar-refractivity contribution in [3.63, 3.8) is 0 Å². The van der Waals surface area contributed by atoms with Gasteiger partial charge >= 0.3 is 0 Å². The Kier molecular flexibility index (Phi) is 19.7. The Morgan fingerprint density at radius 2 is 1.24 bits per heavy atom. The highest BCUT2D eigenvalue weighted by atomic mass is 16.5. The highest BCUT2D eigenvalue weighted by molar-refractivity contribution is 5.97. The summed E-state index contributed by atoms with van der Waals surface area (Å²) in [5.41, 5.74) is 4.48. The van der Waals surface area contributed by atoms with Crippen molar-refractivity contribution < 1.29 is 38.3 Å². The molecule has 0 bridgehead atoms. The number of carbonyl (C=O) groups is 7. The van der Waals surface area contributed by atoms with Crippen LogP contribution in [0.15, 0.2) is 97.1 Å². The number of hydrogen-bond donors (Lipinski definition) is 6. The molecule has 430 valence electrons. The van der Waals surface area contributed by atoms with Gasteiger partial charge in [-0.25, -0.2) is 0 Å². The molecule has 1 saturated heterocycles. The van der Waals surface area contributed by atoms with Gasteiger partial charge in [-0.2, -0.15) is 0 Å². The molecular formula is C63H85N9O8. The zero-order chi connectivity index (χ0) is 58.2. The van der Waals surface area contributed by atoms with Gasteiger partial charge in [0, 0.05) is 43.2 Å². The summed E-state index contributed by atoms with van der Waals surface area (Å²) in [5.74, 6) is -1.88. The minimum Gasteiger partial charge on any atom is -0.494 e. The third kappa shape index (κ3) is 14.1. The van der Waals surface area contributed by atoms with Gasteiger partial charge < -0.3 is 51.3 Å². The molecule has 2 aliphatic heterocycles. The summed E-state index contributed by atoms with van der Waals surface area (Å²) < 4.78 is 6.11. The average Bonchev–Trinajstić information content (AvgIpc) is 3.99. The summed E-state index contributed by atoms with van der Waals surface area (Å²) in [6, 6.07) is 24.1. The normalized spacial score (nSPS) is 19.9. The minimum atomic E-state index is -0.974. The largest absolute Gasteiger partial charge is 0.494 e. The van der Waals surface area contributed by atoms with Crippen molar-refractivity contribution >= 4 is 41.4 Å². The lowest BCUT2D eigenvalue weighted by Gasteiger charge is -2.43. The Bertz CT molecular complexity index is 2880. The molecule has 3 aliphatic rings.